The van der Waals surface area contributed by atoms with Crippen LogP contribution in [-0.4, -0.2) is 26.0 Å². The third-order valence-electron chi connectivity index (χ3n) is 5.48. The molecule has 1 aromatic carbocycles. The molecule has 4 heteroatoms. The zero-order chi connectivity index (χ0) is 15.9. The lowest BCUT2D eigenvalue weighted by molar-refractivity contribution is -0.154. The van der Waals surface area contributed by atoms with E-state index in [1.807, 2.05) is 12.1 Å². The number of carbonyl (C=O) groups excluding carboxylic acids is 2. The Morgan fingerprint density at radius 1 is 1.23 bits per heavy atom. The first kappa shape index (κ1) is 15.1. The summed E-state index contributed by atoms with van der Waals surface area (Å²) in [5.41, 5.74) is 2.26. The summed E-state index contributed by atoms with van der Waals surface area (Å²) in [6.07, 6.45) is 3.28. The van der Waals surface area contributed by atoms with E-state index in [-0.39, 0.29) is 17.1 Å². The number of hydrogen-bond acceptors (Lipinski definition) is 4. The van der Waals surface area contributed by atoms with Crippen molar-refractivity contribution in [2.75, 3.05) is 14.2 Å². The van der Waals surface area contributed by atoms with Crippen LogP contribution >= 0.6 is 0 Å². The fraction of sp³-hybridized carbons (Fsp3) is 0.556. The lowest BCUT2D eigenvalue weighted by Gasteiger charge is -2.48. The van der Waals surface area contributed by atoms with Gasteiger partial charge in [-0.25, -0.2) is 0 Å². The number of fused-ring (bicyclic) bond motifs is 3. The van der Waals surface area contributed by atoms with Crippen LogP contribution in [0.5, 0.6) is 5.75 Å². The molecule has 1 saturated carbocycles. The van der Waals surface area contributed by atoms with Crippen molar-refractivity contribution in [1.29, 1.82) is 0 Å². The molecular weight excluding hydrogens is 280 g/mol. The van der Waals surface area contributed by atoms with Gasteiger partial charge in [-0.2, -0.15) is 0 Å². The van der Waals surface area contributed by atoms with E-state index in [1.165, 1.54) is 12.7 Å². The molecule has 1 fully saturated rings. The number of aryl methyl sites for hydroxylation is 1. The summed E-state index contributed by atoms with van der Waals surface area (Å²) >= 11 is 0. The molecule has 4 nitrogen and oxygen atoms in total. The van der Waals surface area contributed by atoms with Crippen LogP contribution in [0, 0.1) is 11.3 Å². The van der Waals surface area contributed by atoms with Crippen molar-refractivity contribution >= 4 is 11.8 Å². The maximum atomic E-state index is 12.4. The molecule has 0 spiro atoms. The van der Waals surface area contributed by atoms with Gasteiger partial charge in [-0.05, 0) is 47.9 Å². The summed E-state index contributed by atoms with van der Waals surface area (Å²) in [6.45, 7) is 2.20. The molecule has 0 saturated heterocycles. The van der Waals surface area contributed by atoms with E-state index < -0.39 is 11.9 Å². The minimum Gasteiger partial charge on any atom is -0.497 e. The second-order valence-corrected chi connectivity index (χ2v) is 6.66. The summed E-state index contributed by atoms with van der Waals surface area (Å²) < 4.78 is 10.3. The summed E-state index contributed by atoms with van der Waals surface area (Å²) in [7, 11) is 2.99. The van der Waals surface area contributed by atoms with Crippen LogP contribution in [0.2, 0.25) is 0 Å². The molecular formula is C18H22O4. The minimum absolute atomic E-state index is 0.00462. The van der Waals surface area contributed by atoms with Gasteiger partial charge >= 0.3 is 5.97 Å². The van der Waals surface area contributed by atoms with E-state index >= 15 is 0 Å². The zero-order valence-electron chi connectivity index (χ0n) is 13.3. The predicted octanol–water partition coefficient (Wildman–Crippen LogP) is 2.88. The molecule has 1 unspecified atom stereocenters. The largest absolute Gasteiger partial charge is 0.497 e. The predicted molar refractivity (Wildman–Crippen MR) is 81.9 cm³/mol. The first-order valence-corrected chi connectivity index (χ1v) is 7.77. The third kappa shape index (κ3) is 2.21. The van der Waals surface area contributed by atoms with Crippen molar-refractivity contribution in [2.45, 2.75) is 38.5 Å². The maximum Gasteiger partial charge on any atom is 0.316 e. The number of rotatable bonds is 2. The number of Topliss-reactive ketones (excluding diaryl/α,β-unsaturated/α-hetero) is 1. The van der Waals surface area contributed by atoms with Gasteiger partial charge in [0.05, 0.1) is 14.2 Å². The van der Waals surface area contributed by atoms with Crippen molar-refractivity contribution in [2.24, 2.45) is 11.3 Å². The van der Waals surface area contributed by atoms with Gasteiger partial charge < -0.3 is 9.47 Å². The van der Waals surface area contributed by atoms with Gasteiger partial charge in [0, 0.05) is 12.3 Å². The highest BCUT2D eigenvalue weighted by molar-refractivity contribution is 6.01. The van der Waals surface area contributed by atoms with E-state index in [9.17, 15) is 9.59 Å². The highest BCUT2D eigenvalue weighted by Gasteiger charge is 2.52. The SMILES string of the molecule is COC(=O)C1C(=O)CC[C@]2(C)CCc3ccc(OC)cc3[C@H]12. The molecule has 0 heterocycles. The Labute approximate surface area is 130 Å². The molecule has 0 aromatic heterocycles. The molecule has 2 aliphatic rings. The Hall–Kier alpha value is -1.84. The molecule has 0 bridgehead atoms. The van der Waals surface area contributed by atoms with Gasteiger partial charge in [0.15, 0.2) is 0 Å². The molecule has 0 amide bonds. The van der Waals surface area contributed by atoms with Crippen LogP contribution in [-0.2, 0) is 20.7 Å². The van der Waals surface area contributed by atoms with Gasteiger partial charge in [-0.15, -0.1) is 0 Å². The number of hydrogen-bond donors (Lipinski definition) is 0. The Morgan fingerprint density at radius 3 is 2.64 bits per heavy atom. The van der Waals surface area contributed by atoms with Crippen molar-refractivity contribution in [3.63, 3.8) is 0 Å². The van der Waals surface area contributed by atoms with E-state index in [0.29, 0.717) is 6.42 Å². The normalized spacial score (nSPS) is 30.2. The first-order chi connectivity index (χ1) is 10.5. The topological polar surface area (TPSA) is 52.6 Å². The monoisotopic (exact) mass is 302 g/mol. The fourth-order valence-electron chi connectivity index (χ4n) is 4.18. The van der Waals surface area contributed by atoms with E-state index in [0.717, 1.165) is 30.6 Å². The Bertz CT molecular complexity index is 614. The fourth-order valence-corrected chi connectivity index (χ4v) is 4.18. The summed E-state index contributed by atoms with van der Waals surface area (Å²) in [6, 6.07) is 5.99. The van der Waals surface area contributed by atoms with Crippen molar-refractivity contribution in [3.8, 4) is 5.75 Å². The molecule has 3 rings (SSSR count). The third-order valence-corrected chi connectivity index (χ3v) is 5.48. The smallest absolute Gasteiger partial charge is 0.316 e. The van der Waals surface area contributed by atoms with Crippen LogP contribution in [0.3, 0.4) is 0 Å². The van der Waals surface area contributed by atoms with Crippen LogP contribution < -0.4 is 4.74 Å². The lowest BCUT2D eigenvalue weighted by atomic mass is 9.55. The van der Waals surface area contributed by atoms with E-state index in [1.54, 1.807) is 7.11 Å². The molecule has 0 N–H and O–H groups in total. The molecule has 0 aliphatic heterocycles. The molecule has 22 heavy (non-hydrogen) atoms. The number of esters is 1. The van der Waals surface area contributed by atoms with Crippen LogP contribution in [0.25, 0.3) is 0 Å². The summed E-state index contributed by atoms with van der Waals surface area (Å²) in [5.74, 6) is -0.429. The molecule has 1 aromatic rings. The van der Waals surface area contributed by atoms with Gasteiger partial charge in [-0.1, -0.05) is 13.0 Å². The quantitative estimate of drug-likeness (QED) is 0.622. The van der Waals surface area contributed by atoms with Crippen LogP contribution in [0.15, 0.2) is 18.2 Å². The molecule has 118 valence electrons. The highest BCUT2D eigenvalue weighted by atomic mass is 16.5. The molecule has 3 atom stereocenters. The van der Waals surface area contributed by atoms with Gasteiger partial charge in [0.2, 0.25) is 0 Å². The standard InChI is InChI=1S/C18H22O4/c1-18-8-6-11-4-5-12(21-2)10-13(11)16(18)15(17(20)22-3)14(19)7-9-18/h4-5,10,15-16H,6-9H2,1-3H3/t15?,16-,18+/m1/s1. The van der Waals surface area contributed by atoms with Crippen molar-refractivity contribution < 1.29 is 19.1 Å². The van der Waals surface area contributed by atoms with Gasteiger partial charge in [0.1, 0.15) is 17.5 Å². The Morgan fingerprint density at radius 2 is 1.95 bits per heavy atom. The zero-order valence-corrected chi connectivity index (χ0v) is 13.3. The van der Waals surface area contributed by atoms with Crippen molar-refractivity contribution in [1.82, 2.24) is 0 Å². The van der Waals surface area contributed by atoms with Crippen LogP contribution in [0.1, 0.15) is 43.2 Å². The summed E-state index contributed by atoms with van der Waals surface area (Å²) in [5, 5.41) is 0. The second-order valence-electron chi connectivity index (χ2n) is 6.66. The molecule has 2 aliphatic carbocycles. The van der Waals surface area contributed by atoms with Gasteiger partial charge in [0.25, 0.3) is 0 Å². The van der Waals surface area contributed by atoms with Gasteiger partial charge in [-0.3, -0.25) is 9.59 Å². The second kappa shape index (κ2) is 5.41. The number of ketones is 1. The Kier molecular flexibility index (Phi) is 3.71. The average Bonchev–Trinajstić information content (AvgIpc) is 2.54. The van der Waals surface area contributed by atoms with E-state index in [4.69, 9.17) is 9.47 Å². The minimum atomic E-state index is -0.685. The number of methoxy groups -OCH3 is 2. The highest BCUT2D eigenvalue weighted by Crippen LogP contribution is 2.55. The first-order valence-electron chi connectivity index (χ1n) is 7.77. The van der Waals surface area contributed by atoms with E-state index in [2.05, 4.69) is 13.0 Å². The summed E-state index contributed by atoms with van der Waals surface area (Å²) in [4.78, 5) is 24.7. The molecule has 0 radical (unpaired) electrons. The number of benzene rings is 1. The number of ether oxygens (including phenoxy) is 2. The Balaban J connectivity index is 2.14. The number of carbonyl (C=O) groups is 2. The lowest BCUT2D eigenvalue weighted by Crippen LogP contribution is -2.46. The van der Waals surface area contributed by atoms with Crippen molar-refractivity contribution in [3.05, 3.63) is 29.3 Å². The average molecular weight is 302 g/mol. The van der Waals surface area contributed by atoms with Crippen LogP contribution in [0.4, 0.5) is 0 Å². The maximum absolute atomic E-state index is 12.4.